The second kappa shape index (κ2) is 12.7. The zero-order chi connectivity index (χ0) is 27.2. The Morgan fingerprint density at radius 1 is 1.00 bits per heavy atom. The van der Waals surface area contributed by atoms with Gasteiger partial charge in [0.05, 0.1) is 17.1 Å². The number of carbonyl (C=O) groups excluding carboxylic acids is 2. The molecule has 200 valence electrons. The van der Waals surface area contributed by atoms with Gasteiger partial charge in [0.15, 0.2) is 0 Å². The molecule has 2 aromatic rings. The number of amides is 3. The highest BCUT2D eigenvalue weighted by atomic mass is 35.5. The molecule has 9 heteroatoms. The molecule has 2 aromatic carbocycles. The normalized spacial score (nSPS) is 17.6. The summed E-state index contributed by atoms with van der Waals surface area (Å²) >= 11 is 12.3. The van der Waals surface area contributed by atoms with E-state index in [9.17, 15) is 14.4 Å². The van der Waals surface area contributed by atoms with Crippen LogP contribution >= 0.6 is 23.2 Å². The Morgan fingerprint density at radius 2 is 1.65 bits per heavy atom. The average Bonchev–Trinajstić information content (AvgIpc) is 2.84. The van der Waals surface area contributed by atoms with Gasteiger partial charge in [-0.3, -0.25) is 9.59 Å². The lowest BCUT2D eigenvalue weighted by molar-refractivity contribution is -0.136. The Morgan fingerprint density at radius 3 is 2.22 bits per heavy atom. The molecule has 7 nitrogen and oxygen atoms in total. The monoisotopic (exact) mass is 547 g/mol. The van der Waals surface area contributed by atoms with Gasteiger partial charge in [-0.25, -0.2) is 4.79 Å². The van der Waals surface area contributed by atoms with Crippen LogP contribution in [0.2, 0.25) is 10.0 Å². The van der Waals surface area contributed by atoms with Gasteiger partial charge >= 0.3 is 12.0 Å². The van der Waals surface area contributed by atoms with Crippen molar-refractivity contribution in [2.24, 2.45) is 11.3 Å². The van der Waals surface area contributed by atoms with E-state index in [1.807, 2.05) is 17.0 Å². The van der Waals surface area contributed by atoms with Crippen molar-refractivity contribution < 1.29 is 19.5 Å². The molecule has 1 saturated carbocycles. The summed E-state index contributed by atoms with van der Waals surface area (Å²) < 4.78 is 0. The maximum absolute atomic E-state index is 13.5. The number of hydrogen-bond acceptors (Lipinski definition) is 3. The minimum atomic E-state index is -0.967. The van der Waals surface area contributed by atoms with Crippen molar-refractivity contribution in [3.63, 3.8) is 0 Å². The lowest BCUT2D eigenvalue weighted by Crippen LogP contribution is -2.45. The van der Waals surface area contributed by atoms with E-state index in [0.717, 1.165) is 31.2 Å². The standard InChI is InChI=1S/C28H35Cl2N3O4/c1-28(2,3)20-8-11-22(12-9-20)33(27(37)32-24-13-10-21(29)16-23(24)30)17-18-4-6-19(7-5-18)26(36)31-15-14-25(34)35/h4-7,10,13,16,20,22H,8-9,11-12,14-15,17H2,1-3H3,(H,31,36)(H,32,37)(H,34,35). The van der Waals surface area contributed by atoms with Gasteiger partial charge < -0.3 is 20.6 Å². The summed E-state index contributed by atoms with van der Waals surface area (Å²) in [5.74, 6) is -0.691. The number of nitrogens with zero attached hydrogens (tertiary/aromatic N) is 1. The first kappa shape index (κ1) is 28.8. The van der Waals surface area contributed by atoms with E-state index in [1.54, 1.807) is 30.3 Å². The van der Waals surface area contributed by atoms with Crippen molar-refractivity contribution in [3.05, 3.63) is 63.6 Å². The molecule has 0 spiro atoms. The molecule has 3 amide bonds. The number of benzene rings is 2. The van der Waals surface area contributed by atoms with Crippen LogP contribution < -0.4 is 10.6 Å². The number of urea groups is 1. The maximum Gasteiger partial charge on any atom is 0.322 e. The van der Waals surface area contributed by atoms with Gasteiger partial charge in [-0.05, 0) is 72.9 Å². The topological polar surface area (TPSA) is 98.7 Å². The minimum absolute atomic E-state index is 0.0639. The molecule has 1 aliphatic carbocycles. The molecule has 0 aliphatic heterocycles. The second-order valence-electron chi connectivity index (χ2n) is 10.7. The molecular weight excluding hydrogens is 513 g/mol. The number of halogens is 2. The molecule has 0 saturated heterocycles. The molecular formula is C28H35Cl2N3O4. The fourth-order valence-electron chi connectivity index (χ4n) is 4.74. The first-order chi connectivity index (χ1) is 17.4. The van der Waals surface area contributed by atoms with Crippen LogP contribution in [-0.2, 0) is 11.3 Å². The smallest absolute Gasteiger partial charge is 0.322 e. The zero-order valence-corrected chi connectivity index (χ0v) is 23.0. The third-order valence-corrected chi connectivity index (χ3v) is 7.54. The molecule has 0 unspecified atom stereocenters. The number of carbonyl (C=O) groups is 3. The van der Waals surface area contributed by atoms with Crippen molar-refractivity contribution in [1.82, 2.24) is 10.2 Å². The fourth-order valence-corrected chi connectivity index (χ4v) is 5.20. The van der Waals surface area contributed by atoms with Gasteiger partial charge in [0.2, 0.25) is 0 Å². The van der Waals surface area contributed by atoms with E-state index in [-0.39, 0.29) is 36.4 Å². The van der Waals surface area contributed by atoms with Crippen molar-refractivity contribution >= 4 is 46.8 Å². The number of aliphatic carboxylic acids is 1. The number of hydrogen-bond donors (Lipinski definition) is 3. The predicted molar refractivity (Wildman–Crippen MR) is 147 cm³/mol. The van der Waals surface area contributed by atoms with E-state index in [4.69, 9.17) is 28.3 Å². The summed E-state index contributed by atoms with van der Waals surface area (Å²) in [4.78, 5) is 38.3. The molecule has 3 N–H and O–H groups in total. The van der Waals surface area contributed by atoms with Crippen LogP contribution in [0.4, 0.5) is 10.5 Å². The molecule has 0 heterocycles. The summed E-state index contributed by atoms with van der Waals surface area (Å²) in [5, 5.41) is 15.1. The third kappa shape index (κ3) is 8.37. The van der Waals surface area contributed by atoms with Gasteiger partial charge in [0.25, 0.3) is 5.91 Å². The Labute approximate surface area is 228 Å². The molecule has 0 bridgehead atoms. The Balaban J connectivity index is 1.74. The average molecular weight is 549 g/mol. The summed E-state index contributed by atoms with van der Waals surface area (Å²) in [5.41, 5.74) is 2.05. The highest BCUT2D eigenvalue weighted by molar-refractivity contribution is 6.36. The van der Waals surface area contributed by atoms with Gasteiger partial charge in [-0.1, -0.05) is 56.1 Å². The van der Waals surface area contributed by atoms with E-state index in [2.05, 4.69) is 31.4 Å². The van der Waals surface area contributed by atoms with Gasteiger partial charge in [-0.15, -0.1) is 0 Å². The van der Waals surface area contributed by atoms with Gasteiger partial charge in [0, 0.05) is 29.7 Å². The number of rotatable bonds is 8. The maximum atomic E-state index is 13.5. The Kier molecular flexibility index (Phi) is 9.85. The molecule has 0 radical (unpaired) electrons. The zero-order valence-electron chi connectivity index (χ0n) is 21.5. The Hall–Kier alpha value is -2.77. The number of anilines is 1. The predicted octanol–water partition coefficient (Wildman–Crippen LogP) is 6.84. The second-order valence-corrected chi connectivity index (χ2v) is 11.5. The molecule has 3 rings (SSSR count). The fraction of sp³-hybridized carbons (Fsp3) is 0.464. The summed E-state index contributed by atoms with van der Waals surface area (Å²) in [7, 11) is 0. The molecule has 1 fully saturated rings. The van der Waals surface area contributed by atoms with Crippen molar-refractivity contribution in [2.75, 3.05) is 11.9 Å². The summed E-state index contributed by atoms with van der Waals surface area (Å²) in [6, 6.07) is 11.8. The van der Waals surface area contributed by atoms with Crippen LogP contribution in [0.5, 0.6) is 0 Å². The van der Waals surface area contributed by atoms with Crippen LogP contribution in [-0.4, -0.2) is 40.5 Å². The highest BCUT2D eigenvalue weighted by Gasteiger charge is 2.34. The first-order valence-corrected chi connectivity index (χ1v) is 13.3. The molecule has 0 aromatic heterocycles. The van der Waals surface area contributed by atoms with E-state index in [0.29, 0.717) is 33.8 Å². The summed E-state index contributed by atoms with van der Waals surface area (Å²) in [6.07, 6.45) is 3.79. The van der Waals surface area contributed by atoms with Crippen LogP contribution in [0.1, 0.15) is 68.8 Å². The summed E-state index contributed by atoms with van der Waals surface area (Å²) in [6.45, 7) is 7.25. The highest BCUT2D eigenvalue weighted by Crippen LogP contribution is 2.39. The van der Waals surface area contributed by atoms with Crippen LogP contribution in [0.25, 0.3) is 0 Å². The van der Waals surface area contributed by atoms with Crippen molar-refractivity contribution in [2.45, 2.75) is 65.5 Å². The van der Waals surface area contributed by atoms with Crippen molar-refractivity contribution in [3.8, 4) is 0 Å². The van der Waals surface area contributed by atoms with E-state index < -0.39 is 5.97 Å². The quantitative estimate of drug-likeness (QED) is 0.337. The van der Waals surface area contributed by atoms with Crippen LogP contribution in [0, 0.1) is 11.3 Å². The number of carboxylic acids is 1. The first-order valence-electron chi connectivity index (χ1n) is 12.6. The largest absolute Gasteiger partial charge is 0.481 e. The van der Waals surface area contributed by atoms with E-state index >= 15 is 0 Å². The molecule has 0 atom stereocenters. The van der Waals surface area contributed by atoms with E-state index in [1.165, 1.54) is 0 Å². The Bertz CT molecular complexity index is 1110. The third-order valence-electron chi connectivity index (χ3n) is 6.99. The minimum Gasteiger partial charge on any atom is -0.481 e. The van der Waals surface area contributed by atoms with Gasteiger partial charge in [-0.2, -0.15) is 0 Å². The number of nitrogens with one attached hydrogen (secondary N) is 2. The molecule has 37 heavy (non-hydrogen) atoms. The van der Waals surface area contributed by atoms with Crippen molar-refractivity contribution in [1.29, 1.82) is 0 Å². The SMILES string of the molecule is CC(C)(C)C1CCC(N(Cc2ccc(C(=O)NCCC(=O)O)cc2)C(=O)Nc2ccc(Cl)cc2Cl)CC1. The lowest BCUT2D eigenvalue weighted by Gasteiger charge is -2.41. The van der Waals surface area contributed by atoms with Crippen LogP contribution in [0.3, 0.4) is 0 Å². The lowest BCUT2D eigenvalue weighted by atomic mass is 9.71. The molecule has 1 aliphatic rings. The van der Waals surface area contributed by atoms with Gasteiger partial charge in [0.1, 0.15) is 0 Å². The number of carboxylic acid groups (broad SMARTS) is 1. The van der Waals surface area contributed by atoms with Crippen LogP contribution in [0.15, 0.2) is 42.5 Å².